The monoisotopic (exact) mass is 313 g/mol. The summed E-state index contributed by atoms with van der Waals surface area (Å²) in [5, 5.41) is 2.59. The van der Waals surface area contributed by atoms with Crippen molar-refractivity contribution in [1.29, 1.82) is 0 Å². The molecule has 0 saturated heterocycles. The molecular weight excluding hydrogens is 298 g/mol. The number of carbonyl (C=O) groups excluding carboxylic acids is 1. The van der Waals surface area contributed by atoms with Gasteiger partial charge in [-0.1, -0.05) is 6.07 Å². The number of amides is 1. The Balaban J connectivity index is 1.85. The number of nitrogens with one attached hydrogen (secondary N) is 1. The molecule has 1 N–H and O–H groups in total. The first-order valence-corrected chi connectivity index (χ1v) is 6.95. The minimum Gasteiger partial charge on any atom is -0.453 e. The maximum Gasteiger partial charge on any atom is 0.419 e. The molecule has 118 valence electrons. The van der Waals surface area contributed by atoms with Gasteiger partial charge in [0.15, 0.2) is 5.58 Å². The number of hydrogen-bond acceptors (Lipinski definition) is 5. The van der Waals surface area contributed by atoms with Gasteiger partial charge in [0.1, 0.15) is 0 Å². The van der Waals surface area contributed by atoms with Crippen LogP contribution in [0.4, 0.5) is 4.79 Å². The third-order valence-corrected chi connectivity index (χ3v) is 3.53. The van der Waals surface area contributed by atoms with Gasteiger partial charge in [-0.25, -0.2) is 9.59 Å². The number of carbonyl (C=O) groups is 1. The van der Waals surface area contributed by atoms with Crippen LogP contribution < -0.4 is 11.1 Å². The topological polar surface area (TPSA) is 86.4 Å². The van der Waals surface area contributed by atoms with Crippen LogP contribution in [0.3, 0.4) is 0 Å². The highest BCUT2D eigenvalue weighted by Crippen LogP contribution is 2.22. The molecular formula is C16H15N3O4. The second kappa shape index (κ2) is 5.96. The van der Waals surface area contributed by atoms with Gasteiger partial charge in [0.2, 0.25) is 0 Å². The molecule has 0 radical (unpaired) electrons. The van der Waals surface area contributed by atoms with Crippen molar-refractivity contribution in [1.82, 2.24) is 14.9 Å². The van der Waals surface area contributed by atoms with E-state index in [1.54, 1.807) is 19.3 Å². The lowest BCUT2D eigenvalue weighted by Crippen LogP contribution is -2.22. The van der Waals surface area contributed by atoms with Crippen LogP contribution in [0.5, 0.6) is 0 Å². The molecule has 0 unspecified atom stereocenters. The molecule has 2 heterocycles. The minimum atomic E-state index is -0.486. The Morgan fingerprint density at radius 1 is 1.35 bits per heavy atom. The number of alkyl carbamates (subject to hydrolysis) is 1. The lowest BCUT2D eigenvalue weighted by Gasteiger charge is -2.05. The van der Waals surface area contributed by atoms with Crippen molar-refractivity contribution in [3.63, 3.8) is 0 Å². The fraction of sp³-hybridized carbons (Fsp3) is 0.188. The lowest BCUT2D eigenvalue weighted by atomic mass is 10.1. The molecule has 0 aliphatic rings. The summed E-state index contributed by atoms with van der Waals surface area (Å²) in [5.41, 5.74) is 3.76. The van der Waals surface area contributed by atoms with Gasteiger partial charge in [-0.2, -0.15) is 0 Å². The molecule has 3 aromatic rings. The zero-order valence-corrected chi connectivity index (χ0v) is 12.7. The van der Waals surface area contributed by atoms with Gasteiger partial charge in [-0.15, -0.1) is 0 Å². The van der Waals surface area contributed by atoms with E-state index < -0.39 is 11.8 Å². The van der Waals surface area contributed by atoms with Crippen LogP contribution in [0.25, 0.3) is 22.4 Å². The molecule has 23 heavy (non-hydrogen) atoms. The molecule has 0 bridgehead atoms. The predicted octanol–water partition coefficient (Wildman–Crippen LogP) is 2.05. The van der Waals surface area contributed by atoms with E-state index in [1.165, 1.54) is 11.7 Å². The number of pyridine rings is 1. The van der Waals surface area contributed by atoms with E-state index in [0.717, 1.165) is 16.8 Å². The van der Waals surface area contributed by atoms with Gasteiger partial charge < -0.3 is 14.5 Å². The summed E-state index contributed by atoms with van der Waals surface area (Å²) in [5.74, 6) is -0.394. The molecule has 7 nitrogen and oxygen atoms in total. The number of ether oxygens (including phenoxy) is 1. The Bertz CT molecular complexity index is 909. The Labute approximate surface area is 131 Å². The predicted molar refractivity (Wildman–Crippen MR) is 83.9 cm³/mol. The van der Waals surface area contributed by atoms with Gasteiger partial charge in [0.25, 0.3) is 0 Å². The smallest absolute Gasteiger partial charge is 0.419 e. The summed E-state index contributed by atoms with van der Waals surface area (Å²) >= 11 is 0. The van der Waals surface area contributed by atoms with E-state index >= 15 is 0 Å². The highest BCUT2D eigenvalue weighted by molar-refractivity contribution is 5.79. The molecule has 2 aromatic heterocycles. The lowest BCUT2D eigenvalue weighted by molar-refractivity contribution is 0.170. The number of methoxy groups -OCH3 is 1. The summed E-state index contributed by atoms with van der Waals surface area (Å²) in [7, 11) is 2.98. The summed E-state index contributed by atoms with van der Waals surface area (Å²) in [6, 6.07) is 9.18. The molecule has 0 aliphatic heterocycles. The van der Waals surface area contributed by atoms with Crippen molar-refractivity contribution in [3.05, 3.63) is 52.6 Å². The first-order chi connectivity index (χ1) is 11.1. The van der Waals surface area contributed by atoms with E-state index in [4.69, 9.17) is 4.42 Å². The van der Waals surface area contributed by atoms with Crippen LogP contribution in [-0.2, 0) is 18.3 Å². The first-order valence-electron chi connectivity index (χ1n) is 6.95. The van der Waals surface area contributed by atoms with Crippen LogP contribution in [-0.4, -0.2) is 22.8 Å². The molecule has 3 rings (SSSR count). The van der Waals surface area contributed by atoms with Gasteiger partial charge in [-0.05, 0) is 29.8 Å². The Morgan fingerprint density at radius 3 is 2.87 bits per heavy atom. The molecule has 0 aliphatic carbocycles. The number of hydrogen-bond donors (Lipinski definition) is 1. The molecule has 0 spiro atoms. The fourth-order valence-electron chi connectivity index (χ4n) is 2.23. The van der Waals surface area contributed by atoms with Crippen molar-refractivity contribution >= 4 is 17.2 Å². The average Bonchev–Trinajstić information content (AvgIpc) is 2.87. The van der Waals surface area contributed by atoms with Crippen molar-refractivity contribution in [2.45, 2.75) is 6.54 Å². The molecule has 7 heteroatoms. The van der Waals surface area contributed by atoms with Gasteiger partial charge >= 0.3 is 11.8 Å². The maximum absolute atomic E-state index is 11.5. The summed E-state index contributed by atoms with van der Waals surface area (Å²) < 4.78 is 11.1. The van der Waals surface area contributed by atoms with E-state index in [0.29, 0.717) is 17.6 Å². The second-order valence-electron chi connectivity index (χ2n) is 5.01. The molecule has 1 aromatic carbocycles. The number of nitrogens with zero attached hydrogens (tertiary/aromatic N) is 2. The van der Waals surface area contributed by atoms with E-state index in [1.807, 2.05) is 24.3 Å². The maximum atomic E-state index is 11.5. The summed E-state index contributed by atoms with van der Waals surface area (Å²) in [4.78, 5) is 26.9. The normalized spacial score (nSPS) is 10.7. The van der Waals surface area contributed by atoms with Crippen LogP contribution >= 0.6 is 0 Å². The van der Waals surface area contributed by atoms with Crippen molar-refractivity contribution in [2.75, 3.05) is 7.11 Å². The second-order valence-corrected chi connectivity index (χ2v) is 5.01. The number of oxazole rings is 1. The van der Waals surface area contributed by atoms with Crippen LogP contribution in [0.1, 0.15) is 5.56 Å². The Morgan fingerprint density at radius 2 is 2.17 bits per heavy atom. The summed E-state index contributed by atoms with van der Waals surface area (Å²) in [6.07, 6.45) is 1.20. The zero-order chi connectivity index (χ0) is 16.4. The third kappa shape index (κ3) is 2.94. The number of aryl methyl sites for hydroxylation is 1. The SMILES string of the molecule is COC(=O)NCc1ccc(-c2ccc3oc(=O)n(C)c3c2)nc1. The molecule has 0 atom stereocenters. The van der Waals surface area contributed by atoms with Crippen LogP contribution in [0.15, 0.2) is 45.7 Å². The highest BCUT2D eigenvalue weighted by atomic mass is 16.5. The quantitative estimate of drug-likeness (QED) is 0.799. The Kier molecular flexibility index (Phi) is 3.84. The average molecular weight is 313 g/mol. The van der Waals surface area contributed by atoms with E-state index in [9.17, 15) is 9.59 Å². The van der Waals surface area contributed by atoms with Crippen LogP contribution in [0, 0.1) is 0 Å². The number of aromatic nitrogens is 2. The van der Waals surface area contributed by atoms with Crippen molar-refractivity contribution < 1.29 is 13.9 Å². The zero-order valence-electron chi connectivity index (χ0n) is 12.7. The highest BCUT2D eigenvalue weighted by Gasteiger charge is 2.08. The molecule has 0 fully saturated rings. The van der Waals surface area contributed by atoms with Crippen molar-refractivity contribution in [2.24, 2.45) is 7.05 Å². The number of fused-ring (bicyclic) bond motifs is 1. The minimum absolute atomic E-state index is 0.342. The largest absolute Gasteiger partial charge is 0.453 e. The third-order valence-electron chi connectivity index (χ3n) is 3.53. The summed E-state index contributed by atoms with van der Waals surface area (Å²) in [6.45, 7) is 0.342. The van der Waals surface area contributed by atoms with Crippen molar-refractivity contribution in [3.8, 4) is 11.3 Å². The Hall–Kier alpha value is -3.09. The molecule has 1 amide bonds. The molecule has 0 saturated carbocycles. The van der Waals surface area contributed by atoms with Crippen LogP contribution in [0.2, 0.25) is 0 Å². The fourth-order valence-corrected chi connectivity index (χ4v) is 2.23. The van der Waals surface area contributed by atoms with Gasteiger partial charge in [-0.3, -0.25) is 9.55 Å². The number of benzene rings is 1. The first kappa shape index (κ1) is 14.8. The van der Waals surface area contributed by atoms with E-state index in [-0.39, 0.29) is 0 Å². The standard InChI is InChI=1S/C16H15N3O4/c1-19-13-7-11(4-6-14(13)23-16(19)21)12-5-3-10(8-17-12)9-18-15(20)22-2/h3-8H,9H2,1-2H3,(H,18,20). The number of rotatable bonds is 3. The van der Waals surface area contributed by atoms with E-state index in [2.05, 4.69) is 15.0 Å². The van der Waals surface area contributed by atoms with Gasteiger partial charge in [0.05, 0.1) is 18.3 Å². The van der Waals surface area contributed by atoms with Gasteiger partial charge in [0, 0.05) is 25.4 Å².